The minimum Gasteiger partial charge on any atom is -0.352 e. The van der Waals surface area contributed by atoms with Crippen molar-refractivity contribution in [2.24, 2.45) is 0 Å². The summed E-state index contributed by atoms with van der Waals surface area (Å²) in [6.45, 7) is 5.23. The molecule has 1 saturated heterocycles. The van der Waals surface area contributed by atoms with Crippen molar-refractivity contribution in [3.05, 3.63) is 52.3 Å². The van der Waals surface area contributed by atoms with Crippen molar-refractivity contribution in [2.45, 2.75) is 18.7 Å². The number of anilines is 1. The monoisotopic (exact) mass is 397 g/mol. The van der Waals surface area contributed by atoms with Crippen molar-refractivity contribution < 1.29 is 0 Å². The van der Waals surface area contributed by atoms with Gasteiger partial charge in [0.25, 0.3) is 5.56 Å². The molecule has 5 heterocycles. The molecule has 3 aromatic heterocycles. The second-order valence-electron chi connectivity index (χ2n) is 7.22. The SMILES string of the molecule is O=c1cc2c(nn1CCN1CCN(c3nccn4nccc34)CC1)CCSC2. The predicted octanol–water partition coefficient (Wildman–Crippen LogP) is 0.897. The lowest BCUT2D eigenvalue weighted by atomic mass is 10.2. The van der Waals surface area contributed by atoms with Crippen LogP contribution >= 0.6 is 11.8 Å². The molecule has 28 heavy (non-hydrogen) atoms. The summed E-state index contributed by atoms with van der Waals surface area (Å²) >= 11 is 1.88. The second-order valence-corrected chi connectivity index (χ2v) is 8.33. The summed E-state index contributed by atoms with van der Waals surface area (Å²) in [5.74, 6) is 3.00. The Labute approximate surface area is 167 Å². The highest BCUT2D eigenvalue weighted by atomic mass is 32.2. The third kappa shape index (κ3) is 3.40. The van der Waals surface area contributed by atoms with E-state index in [4.69, 9.17) is 0 Å². The average Bonchev–Trinajstić information content (AvgIpc) is 3.22. The molecule has 0 spiro atoms. The van der Waals surface area contributed by atoms with E-state index in [-0.39, 0.29) is 5.56 Å². The van der Waals surface area contributed by atoms with Crippen LogP contribution in [-0.2, 0) is 18.7 Å². The van der Waals surface area contributed by atoms with Crippen molar-refractivity contribution in [1.29, 1.82) is 0 Å². The zero-order chi connectivity index (χ0) is 18.9. The quantitative estimate of drug-likeness (QED) is 0.648. The van der Waals surface area contributed by atoms with Crippen LogP contribution in [0, 0.1) is 0 Å². The van der Waals surface area contributed by atoms with Crippen LogP contribution in [0.3, 0.4) is 0 Å². The number of piperazine rings is 1. The third-order valence-corrected chi connectivity index (χ3v) is 6.52. The van der Waals surface area contributed by atoms with Gasteiger partial charge in [0, 0.05) is 63.4 Å². The fourth-order valence-corrected chi connectivity index (χ4v) is 4.87. The number of fused-ring (bicyclic) bond motifs is 2. The molecule has 146 valence electrons. The molecule has 1 fully saturated rings. The normalized spacial score (nSPS) is 17.8. The van der Waals surface area contributed by atoms with Gasteiger partial charge in [-0.1, -0.05) is 0 Å². The minimum atomic E-state index is 0.0245. The zero-order valence-corrected chi connectivity index (χ0v) is 16.5. The Morgan fingerprint density at radius 3 is 2.89 bits per heavy atom. The number of aromatic nitrogens is 5. The highest BCUT2D eigenvalue weighted by Crippen LogP contribution is 2.21. The summed E-state index contributed by atoms with van der Waals surface area (Å²) in [6, 6.07) is 3.78. The van der Waals surface area contributed by atoms with Gasteiger partial charge in [0.2, 0.25) is 0 Å². The van der Waals surface area contributed by atoms with Gasteiger partial charge in [-0.25, -0.2) is 14.2 Å². The van der Waals surface area contributed by atoms with E-state index >= 15 is 0 Å². The lowest BCUT2D eigenvalue weighted by Crippen LogP contribution is -2.48. The van der Waals surface area contributed by atoms with E-state index in [0.29, 0.717) is 6.54 Å². The van der Waals surface area contributed by atoms with Crippen LogP contribution in [0.4, 0.5) is 5.82 Å². The molecule has 0 aliphatic carbocycles. The Hall–Kier alpha value is -2.39. The molecule has 3 aromatic rings. The van der Waals surface area contributed by atoms with Gasteiger partial charge in [0.05, 0.1) is 18.4 Å². The highest BCUT2D eigenvalue weighted by Gasteiger charge is 2.20. The first kappa shape index (κ1) is 17.7. The van der Waals surface area contributed by atoms with Crippen molar-refractivity contribution in [1.82, 2.24) is 29.3 Å². The Kier molecular flexibility index (Phi) is 4.77. The molecule has 9 heteroatoms. The van der Waals surface area contributed by atoms with E-state index in [1.807, 2.05) is 28.5 Å². The van der Waals surface area contributed by atoms with Crippen molar-refractivity contribution >= 4 is 23.1 Å². The Morgan fingerprint density at radius 2 is 2.00 bits per heavy atom. The number of hydrogen-bond donors (Lipinski definition) is 0. The van der Waals surface area contributed by atoms with Gasteiger partial charge in [0.15, 0.2) is 5.82 Å². The molecule has 5 rings (SSSR count). The van der Waals surface area contributed by atoms with E-state index in [9.17, 15) is 4.79 Å². The average molecular weight is 398 g/mol. The van der Waals surface area contributed by atoms with Gasteiger partial charge in [0.1, 0.15) is 5.52 Å². The molecular formula is C19H23N7OS. The van der Waals surface area contributed by atoms with Crippen molar-refractivity contribution in [2.75, 3.05) is 43.4 Å². The smallest absolute Gasteiger partial charge is 0.267 e. The highest BCUT2D eigenvalue weighted by molar-refractivity contribution is 7.98. The number of nitrogens with zero attached hydrogens (tertiary/aromatic N) is 7. The van der Waals surface area contributed by atoms with Gasteiger partial charge in [-0.15, -0.1) is 0 Å². The summed E-state index contributed by atoms with van der Waals surface area (Å²) in [5, 5.41) is 8.91. The first-order valence-corrected chi connectivity index (χ1v) is 10.9. The molecule has 0 aromatic carbocycles. The molecule has 0 unspecified atom stereocenters. The van der Waals surface area contributed by atoms with Crippen LogP contribution < -0.4 is 10.5 Å². The Balaban J connectivity index is 1.21. The summed E-state index contributed by atoms with van der Waals surface area (Å²) in [6.07, 6.45) is 6.44. The first-order valence-electron chi connectivity index (χ1n) is 9.71. The number of rotatable bonds is 4. The molecule has 0 bridgehead atoms. The van der Waals surface area contributed by atoms with Crippen LogP contribution in [0.25, 0.3) is 5.52 Å². The summed E-state index contributed by atoms with van der Waals surface area (Å²) in [7, 11) is 0. The van der Waals surface area contributed by atoms with Crippen LogP contribution in [0.1, 0.15) is 11.3 Å². The zero-order valence-electron chi connectivity index (χ0n) is 15.7. The molecule has 0 amide bonds. The van der Waals surface area contributed by atoms with Gasteiger partial charge >= 0.3 is 0 Å². The van der Waals surface area contributed by atoms with E-state index < -0.39 is 0 Å². The molecular weight excluding hydrogens is 374 g/mol. The predicted molar refractivity (Wildman–Crippen MR) is 110 cm³/mol. The molecule has 0 saturated carbocycles. The van der Waals surface area contributed by atoms with Gasteiger partial charge < -0.3 is 4.90 Å². The van der Waals surface area contributed by atoms with Crippen LogP contribution in [0.2, 0.25) is 0 Å². The summed E-state index contributed by atoms with van der Waals surface area (Å²) in [5.41, 5.74) is 3.28. The number of thioether (sulfide) groups is 1. The van der Waals surface area contributed by atoms with E-state index in [2.05, 4.69) is 25.0 Å². The molecule has 0 radical (unpaired) electrons. The third-order valence-electron chi connectivity index (χ3n) is 5.51. The topological polar surface area (TPSA) is 71.6 Å². The molecule has 0 atom stereocenters. The van der Waals surface area contributed by atoms with Crippen LogP contribution in [0.5, 0.6) is 0 Å². The molecule has 8 nitrogen and oxygen atoms in total. The fourth-order valence-electron chi connectivity index (χ4n) is 3.92. The first-order chi connectivity index (χ1) is 13.8. The lowest BCUT2D eigenvalue weighted by molar-refractivity contribution is 0.242. The van der Waals surface area contributed by atoms with E-state index in [1.54, 1.807) is 23.1 Å². The summed E-state index contributed by atoms with van der Waals surface area (Å²) in [4.78, 5) is 21.6. The maximum atomic E-state index is 12.3. The van der Waals surface area contributed by atoms with Crippen molar-refractivity contribution in [3.63, 3.8) is 0 Å². The standard InChI is InChI=1S/C19H23N7OS/c27-18-13-15-14-28-12-2-16(15)22-26(18)11-8-23-6-9-24(10-7-23)19-17-1-3-21-25(17)5-4-20-19/h1,3-5,13H,2,6-12,14H2. The largest absolute Gasteiger partial charge is 0.352 e. The Morgan fingerprint density at radius 1 is 1.11 bits per heavy atom. The number of aryl methyl sites for hydroxylation is 1. The molecule has 2 aliphatic rings. The van der Waals surface area contributed by atoms with E-state index in [0.717, 1.165) is 73.2 Å². The van der Waals surface area contributed by atoms with Crippen LogP contribution in [-0.4, -0.2) is 67.8 Å². The minimum absolute atomic E-state index is 0.0245. The molecule has 2 aliphatic heterocycles. The van der Waals surface area contributed by atoms with Gasteiger partial charge in [-0.3, -0.25) is 9.69 Å². The summed E-state index contributed by atoms with van der Waals surface area (Å²) < 4.78 is 3.51. The van der Waals surface area contributed by atoms with E-state index in [1.165, 1.54) is 0 Å². The fraction of sp³-hybridized carbons (Fsp3) is 0.474. The maximum absolute atomic E-state index is 12.3. The second kappa shape index (κ2) is 7.56. The molecule has 0 N–H and O–H groups in total. The lowest BCUT2D eigenvalue weighted by Gasteiger charge is -2.35. The van der Waals surface area contributed by atoms with Crippen molar-refractivity contribution in [3.8, 4) is 0 Å². The Bertz CT molecular complexity index is 1040. The van der Waals surface area contributed by atoms with Gasteiger partial charge in [-0.05, 0) is 17.4 Å². The van der Waals surface area contributed by atoms with Gasteiger partial charge in [-0.2, -0.15) is 22.0 Å². The number of hydrogen-bond acceptors (Lipinski definition) is 7. The maximum Gasteiger partial charge on any atom is 0.267 e. The van der Waals surface area contributed by atoms with Crippen LogP contribution in [0.15, 0.2) is 35.5 Å².